The third kappa shape index (κ3) is 4.04. The van der Waals surface area contributed by atoms with E-state index in [2.05, 4.69) is 4.74 Å². The van der Waals surface area contributed by atoms with Gasteiger partial charge in [-0.25, -0.2) is 18.4 Å². The number of ether oxygens (including phenoxy) is 2. The van der Waals surface area contributed by atoms with Crippen molar-refractivity contribution in [2.75, 3.05) is 7.11 Å². The summed E-state index contributed by atoms with van der Waals surface area (Å²) in [7, 11) is 1.27. The Morgan fingerprint density at radius 1 is 1.04 bits per heavy atom. The number of rotatable bonds is 4. The van der Waals surface area contributed by atoms with Crippen molar-refractivity contribution in [3.05, 3.63) is 69.7 Å². The number of hydrogen-bond donors (Lipinski definition) is 0. The Hall–Kier alpha value is -2.47. The van der Waals surface area contributed by atoms with Gasteiger partial charge >= 0.3 is 11.9 Å². The highest BCUT2D eigenvalue weighted by atomic mass is 35.5. The Kier molecular flexibility index (Phi) is 5.28. The molecule has 0 N–H and O–H groups in total. The fourth-order valence-electron chi connectivity index (χ4n) is 1.76. The fourth-order valence-corrected chi connectivity index (χ4v) is 1.99. The van der Waals surface area contributed by atoms with Crippen molar-refractivity contribution in [2.24, 2.45) is 0 Å². The number of methoxy groups -OCH3 is 1. The molecule has 2 aromatic rings. The predicted octanol–water partition coefficient (Wildman–Crippen LogP) is 3.76. The van der Waals surface area contributed by atoms with Crippen molar-refractivity contribution < 1.29 is 27.8 Å². The Balaban J connectivity index is 2.05. The van der Waals surface area contributed by atoms with Gasteiger partial charge in [-0.15, -0.1) is 0 Å². The summed E-state index contributed by atoms with van der Waals surface area (Å²) in [5.41, 5.74) is 0.688. The van der Waals surface area contributed by atoms with E-state index in [4.69, 9.17) is 16.3 Å². The van der Waals surface area contributed by atoms with Crippen molar-refractivity contribution in [1.82, 2.24) is 0 Å². The Bertz CT molecular complexity index is 744. The van der Waals surface area contributed by atoms with Crippen LogP contribution in [0.25, 0.3) is 0 Å². The lowest BCUT2D eigenvalue weighted by Crippen LogP contribution is -2.07. The molecule has 7 heteroatoms. The summed E-state index contributed by atoms with van der Waals surface area (Å²) < 4.78 is 35.7. The first-order valence-corrected chi connectivity index (χ1v) is 6.79. The van der Waals surface area contributed by atoms with Crippen LogP contribution >= 0.6 is 11.6 Å². The van der Waals surface area contributed by atoms with E-state index < -0.39 is 23.6 Å². The van der Waals surface area contributed by atoms with Gasteiger partial charge in [-0.2, -0.15) is 0 Å². The second kappa shape index (κ2) is 7.19. The zero-order valence-electron chi connectivity index (χ0n) is 11.9. The Morgan fingerprint density at radius 2 is 1.65 bits per heavy atom. The molecule has 0 spiro atoms. The summed E-state index contributed by atoms with van der Waals surface area (Å²) in [5, 5.41) is -0.241. The molecule has 0 aliphatic rings. The summed E-state index contributed by atoms with van der Waals surface area (Å²) in [6.07, 6.45) is 0. The molecule has 0 bridgehead atoms. The molecule has 0 aromatic heterocycles. The maximum absolute atomic E-state index is 13.2. The molecule has 0 amide bonds. The molecule has 0 fully saturated rings. The van der Waals surface area contributed by atoms with Crippen LogP contribution in [0.2, 0.25) is 5.02 Å². The predicted molar refractivity (Wildman–Crippen MR) is 78.3 cm³/mol. The van der Waals surface area contributed by atoms with Gasteiger partial charge in [0, 0.05) is 0 Å². The molecule has 2 rings (SSSR count). The largest absolute Gasteiger partial charge is 0.465 e. The standard InChI is InChI=1S/C16H11ClF2O4/c1-22-15(20)10-4-2-9(3-5-10)8-23-16(21)11-6-13(18)14(19)7-12(11)17/h2-7H,8H2,1H3. The van der Waals surface area contributed by atoms with Crippen LogP contribution in [0.5, 0.6) is 0 Å². The van der Waals surface area contributed by atoms with Gasteiger partial charge in [-0.1, -0.05) is 23.7 Å². The Labute approximate surface area is 135 Å². The lowest BCUT2D eigenvalue weighted by Gasteiger charge is -2.07. The first-order chi connectivity index (χ1) is 10.9. The van der Waals surface area contributed by atoms with E-state index in [1.807, 2.05) is 0 Å². The van der Waals surface area contributed by atoms with Crippen molar-refractivity contribution in [1.29, 1.82) is 0 Å². The third-order valence-corrected chi connectivity index (χ3v) is 3.29. The monoisotopic (exact) mass is 340 g/mol. The zero-order chi connectivity index (χ0) is 17.0. The van der Waals surface area contributed by atoms with Gasteiger partial charge in [0.05, 0.1) is 23.3 Å². The van der Waals surface area contributed by atoms with Crippen LogP contribution in [0.1, 0.15) is 26.3 Å². The van der Waals surface area contributed by atoms with Crippen molar-refractivity contribution in [3.8, 4) is 0 Å². The number of hydrogen-bond acceptors (Lipinski definition) is 4. The fraction of sp³-hybridized carbons (Fsp3) is 0.125. The van der Waals surface area contributed by atoms with E-state index in [1.165, 1.54) is 19.2 Å². The van der Waals surface area contributed by atoms with Gasteiger partial charge in [0.15, 0.2) is 11.6 Å². The third-order valence-electron chi connectivity index (χ3n) is 2.97. The topological polar surface area (TPSA) is 52.6 Å². The second-order valence-electron chi connectivity index (χ2n) is 4.51. The van der Waals surface area contributed by atoms with E-state index in [0.29, 0.717) is 23.3 Å². The molecule has 0 radical (unpaired) electrons. The summed E-state index contributed by atoms with van der Waals surface area (Å²) in [6, 6.07) is 7.57. The summed E-state index contributed by atoms with van der Waals surface area (Å²) in [5.74, 6) is -3.71. The average Bonchev–Trinajstić information content (AvgIpc) is 2.55. The van der Waals surface area contributed by atoms with Crippen LogP contribution in [-0.2, 0) is 16.1 Å². The highest BCUT2D eigenvalue weighted by molar-refractivity contribution is 6.33. The molecule has 0 saturated heterocycles. The number of benzene rings is 2. The molecular weight excluding hydrogens is 330 g/mol. The average molecular weight is 341 g/mol. The van der Waals surface area contributed by atoms with E-state index in [-0.39, 0.29) is 17.2 Å². The number of esters is 2. The SMILES string of the molecule is COC(=O)c1ccc(COC(=O)c2cc(F)c(F)cc2Cl)cc1. The van der Waals surface area contributed by atoms with Crippen LogP contribution in [0.3, 0.4) is 0 Å². The van der Waals surface area contributed by atoms with Gasteiger partial charge in [-0.05, 0) is 29.8 Å². The summed E-state index contributed by atoms with van der Waals surface area (Å²) >= 11 is 5.69. The maximum Gasteiger partial charge on any atom is 0.340 e. The van der Waals surface area contributed by atoms with Gasteiger partial charge < -0.3 is 9.47 Å². The molecule has 0 atom stereocenters. The lowest BCUT2D eigenvalue weighted by molar-refractivity contribution is 0.0471. The van der Waals surface area contributed by atoms with Crippen LogP contribution in [0.15, 0.2) is 36.4 Å². The molecule has 23 heavy (non-hydrogen) atoms. The van der Waals surface area contributed by atoms with Crippen LogP contribution in [-0.4, -0.2) is 19.0 Å². The molecule has 0 aliphatic heterocycles. The van der Waals surface area contributed by atoms with E-state index in [1.54, 1.807) is 12.1 Å². The highest BCUT2D eigenvalue weighted by Crippen LogP contribution is 2.21. The number of carbonyl (C=O) groups is 2. The van der Waals surface area contributed by atoms with Crippen molar-refractivity contribution >= 4 is 23.5 Å². The minimum absolute atomic E-state index is 0.115. The first-order valence-electron chi connectivity index (χ1n) is 6.41. The van der Waals surface area contributed by atoms with Gasteiger partial charge in [-0.3, -0.25) is 0 Å². The molecule has 0 unspecified atom stereocenters. The Morgan fingerprint density at radius 3 is 2.26 bits per heavy atom. The quantitative estimate of drug-likeness (QED) is 0.628. The molecule has 0 saturated carbocycles. The van der Waals surface area contributed by atoms with E-state index in [9.17, 15) is 18.4 Å². The van der Waals surface area contributed by atoms with Crippen LogP contribution in [0.4, 0.5) is 8.78 Å². The van der Waals surface area contributed by atoms with Crippen molar-refractivity contribution in [3.63, 3.8) is 0 Å². The van der Waals surface area contributed by atoms with Crippen molar-refractivity contribution in [2.45, 2.75) is 6.61 Å². The van der Waals surface area contributed by atoms with Gasteiger partial charge in [0.2, 0.25) is 0 Å². The smallest absolute Gasteiger partial charge is 0.340 e. The summed E-state index contributed by atoms with van der Waals surface area (Å²) in [6.45, 7) is -0.115. The first kappa shape index (κ1) is 16.9. The second-order valence-corrected chi connectivity index (χ2v) is 4.92. The van der Waals surface area contributed by atoms with Crippen LogP contribution in [0, 0.1) is 11.6 Å². The minimum atomic E-state index is -1.19. The molecule has 0 heterocycles. The minimum Gasteiger partial charge on any atom is -0.465 e. The van der Waals surface area contributed by atoms with Gasteiger partial charge in [0.1, 0.15) is 6.61 Å². The number of halogens is 3. The zero-order valence-corrected chi connectivity index (χ0v) is 12.7. The summed E-state index contributed by atoms with van der Waals surface area (Å²) in [4.78, 5) is 23.1. The molecule has 120 valence electrons. The van der Waals surface area contributed by atoms with E-state index >= 15 is 0 Å². The van der Waals surface area contributed by atoms with Gasteiger partial charge in [0.25, 0.3) is 0 Å². The molecule has 2 aromatic carbocycles. The molecule has 0 aliphatic carbocycles. The van der Waals surface area contributed by atoms with E-state index in [0.717, 1.165) is 0 Å². The number of carbonyl (C=O) groups excluding carboxylic acids is 2. The maximum atomic E-state index is 13.2. The normalized spacial score (nSPS) is 10.3. The van der Waals surface area contributed by atoms with Crippen LogP contribution < -0.4 is 0 Å². The molecule has 4 nitrogen and oxygen atoms in total. The highest BCUT2D eigenvalue weighted by Gasteiger charge is 2.16. The lowest BCUT2D eigenvalue weighted by atomic mass is 10.1. The molecular formula is C16H11ClF2O4.